The number of amides is 4. The Labute approximate surface area is 490 Å². The van der Waals surface area contributed by atoms with Gasteiger partial charge in [-0.05, 0) is 113 Å². The number of azide groups is 1. The number of ether oxygens (including phenoxy) is 11. The number of rotatable bonds is 25. The van der Waals surface area contributed by atoms with Gasteiger partial charge < -0.3 is 73.4 Å². The van der Waals surface area contributed by atoms with Gasteiger partial charge in [-0.25, -0.2) is 9.59 Å². The second kappa shape index (κ2) is 30.1. The van der Waals surface area contributed by atoms with E-state index in [9.17, 15) is 41.5 Å². The number of anilines is 2. The van der Waals surface area contributed by atoms with Gasteiger partial charge >= 0.3 is 24.4 Å². The molecule has 2 saturated heterocycles. The maximum absolute atomic E-state index is 14.5. The number of nitrogens with zero attached hydrogens (tertiary/aromatic N) is 3. The first-order chi connectivity index (χ1) is 41.4. The average molecular weight is 1200 g/mol. The molecule has 26 heteroatoms. The molecule has 4 amide bonds. The van der Waals surface area contributed by atoms with Crippen LogP contribution in [0.4, 0.5) is 47.3 Å². The number of hydrogen-bond acceptors (Lipinski definition) is 14. The largest absolute Gasteiger partial charge is 0.497 e. The fraction of sp³-hybridized carbons (Fsp3) is 0.367. The molecule has 0 radical (unpaired) electrons. The van der Waals surface area contributed by atoms with Gasteiger partial charge in [-0.2, -0.15) is 26.3 Å². The first-order valence-electron chi connectivity index (χ1n) is 26.8. The zero-order chi connectivity index (χ0) is 61.2. The summed E-state index contributed by atoms with van der Waals surface area (Å²) in [4.78, 5) is 31.6. The quantitative estimate of drug-likeness (QED) is 0.0181. The molecule has 2 heterocycles. The van der Waals surface area contributed by atoms with Crippen LogP contribution in [-0.2, 0) is 71.9 Å². The number of benzene rings is 6. The minimum atomic E-state index is -4.77. The van der Waals surface area contributed by atoms with Crippen LogP contribution in [0.15, 0.2) is 151 Å². The smallest absolute Gasteiger partial charge is 0.416 e. The Hall–Kier alpha value is -8.33. The predicted molar refractivity (Wildman–Crippen MR) is 299 cm³/mol. The lowest BCUT2D eigenvalue weighted by molar-refractivity contribution is -0.308. The monoisotopic (exact) mass is 1200 g/mol. The summed E-state index contributed by atoms with van der Waals surface area (Å²) in [6, 6.07) is 29.5. The molecule has 2 fully saturated rings. The maximum Gasteiger partial charge on any atom is 0.416 e. The van der Waals surface area contributed by atoms with Crippen LogP contribution >= 0.6 is 0 Å². The summed E-state index contributed by atoms with van der Waals surface area (Å²) in [7, 11) is 6.07. The van der Waals surface area contributed by atoms with E-state index >= 15 is 0 Å². The molecule has 9 atom stereocenters. The molecule has 458 valence electrons. The highest BCUT2D eigenvalue weighted by molar-refractivity contribution is 5.90. The van der Waals surface area contributed by atoms with Crippen molar-refractivity contribution in [1.82, 2.24) is 10.6 Å². The van der Waals surface area contributed by atoms with Crippen LogP contribution in [0.1, 0.15) is 33.4 Å². The minimum Gasteiger partial charge on any atom is -0.497 e. The third-order valence-corrected chi connectivity index (χ3v) is 13.9. The van der Waals surface area contributed by atoms with Crippen molar-refractivity contribution in [3.05, 3.63) is 189 Å². The molecular formula is C60H63F6N7O13. The molecule has 2 aliphatic heterocycles. The Bertz CT molecular complexity index is 3180. The van der Waals surface area contributed by atoms with Crippen molar-refractivity contribution >= 4 is 23.4 Å². The van der Waals surface area contributed by atoms with Crippen molar-refractivity contribution < 1.29 is 88.0 Å². The number of carbonyl (C=O) groups is 2. The van der Waals surface area contributed by atoms with Crippen LogP contribution in [0.2, 0.25) is 0 Å². The number of methoxy groups -OCH3 is 4. The maximum atomic E-state index is 14.5. The van der Waals surface area contributed by atoms with Gasteiger partial charge in [0.05, 0.1) is 110 Å². The summed E-state index contributed by atoms with van der Waals surface area (Å²) in [5, 5.41) is 14.5. The van der Waals surface area contributed by atoms with E-state index in [1.165, 1.54) is 40.6 Å². The standard InChI is InChI=1S/C60H63F6N7O13/c1-76-44-19-11-36(12-20-44)29-80-34-49-51(72-73-67)53(48(33-82-49)70-57(74)68-42-9-5-7-40(27-42)59(61,62)63)86-56-52(71-58(75)69-43-10-6-8-41(28-43)60(64,65)66)55(84-32-39-17-25-47(79-4)26-18-39)54(83-31-38-15-23-46(78-3)24-16-38)50(85-56)35-81-30-37-13-21-45(77-2)22-14-37/h5-28,48-56H,29-35H2,1-4H3,(H2,68,70,74)(H2,69,71,75)/t48?,49?,50?,51-,52?,53+,54-,55+,56-/m0/s1. The molecule has 6 aromatic carbocycles. The van der Waals surface area contributed by atoms with Crippen LogP contribution < -0.4 is 40.2 Å². The van der Waals surface area contributed by atoms with Crippen LogP contribution in [0.25, 0.3) is 10.4 Å². The van der Waals surface area contributed by atoms with Crippen LogP contribution in [0, 0.1) is 0 Å². The molecular weight excluding hydrogens is 1140 g/mol. The highest BCUT2D eigenvalue weighted by Crippen LogP contribution is 2.36. The van der Waals surface area contributed by atoms with Crippen molar-refractivity contribution in [1.29, 1.82) is 0 Å². The zero-order valence-electron chi connectivity index (χ0n) is 46.9. The summed E-state index contributed by atoms with van der Waals surface area (Å²) in [6.45, 7) is -1.06. The van der Waals surface area contributed by atoms with E-state index < -0.39 is 97.1 Å². The molecule has 8 rings (SSSR count). The first kappa shape index (κ1) is 63.7. The van der Waals surface area contributed by atoms with E-state index in [4.69, 9.17) is 52.1 Å². The molecule has 0 aliphatic carbocycles. The summed E-state index contributed by atoms with van der Waals surface area (Å²) in [5.41, 5.74) is 10.4. The summed E-state index contributed by atoms with van der Waals surface area (Å²) >= 11 is 0. The lowest BCUT2D eigenvalue weighted by atomic mass is 9.93. The Morgan fingerprint density at radius 2 is 0.977 bits per heavy atom. The van der Waals surface area contributed by atoms with Gasteiger partial charge in [-0.15, -0.1) is 0 Å². The third-order valence-electron chi connectivity index (χ3n) is 13.9. The van der Waals surface area contributed by atoms with Crippen molar-refractivity contribution in [2.75, 3.05) is 58.9 Å². The summed E-state index contributed by atoms with van der Waals surface area (Å²) in [5.74, 6) is 2.30. The van der Waals surface area contributed by atoms with E-state index in [1.54, 1.807) is 97.1 Å². The van der Waals surface area contributed by atoms with Gasteiger partial charge in [0.1, 0.15) is 47.4 Å². The molecule has 6 aromatic rings. The van der Waals surface area contributed by atoms with Gasteiger partial charge in [0.25, 0.3) is 0 Å². The molecule has 0 aromatic heterocycles. The first-order valence-corrected chi connectivity index (χ1v) is 26.8. The Kier molecular flexibility index (Phi) is 22.3. The van der Waals surface area contributed by atoms with Crippen LogP contribution in [0.5, 0.6) is 23.0 Å². The van der Waals surface area contributed by atoms with E-state index in [2.05, 4.69) is 31.3 Å². The SMILES string of the molecule is COc1ccc(COCC2OCC(NC(=O)Nc3cccc(C(F)(F)F)c3)[C@@H](O[C@@H]3OC(COCc4ccc(OC)cc4)[C@H](OCc4ccc(OC)cc4)[C@H](OCc4ccc(OC)cc4)C3NC(=O)Nc3cccc(C(F)(F)F)c3)[C@H]2N=[N+]=[N-])cc1. The molecule has 0 bridgehead atoms. The number of carbonyl (C=O) groups excluding carboxylic acids is 2. The van der Waals surface area contributed by atoms with Crippen molar-refractivity contribution in [3.8, 4) is 23.0 Å². The predicted octanol–water partition coefficient (Wildman–Crippen LogP) is 11.2. The second-order valence-electron chi connectivity index (χ2n) is 19.7. The molecule has 86 heavy (non-hydrogen) atoms. The molecule has 0 spiro atoms. The highest BCUT2D eigenvalue weighted by Gasteiger charge is 2.52. The topological polar surface area (TPSA) is 233 Å². The molecule has 0 saturated carbocycles. The molecule has 4 unspecified atom stereocenters. The number of hydrogen-bond donors (Lipinski definition) is 4. The fourth-order valence-corrected chi connectivity index (χ4v) is 9.44. The van der Waals surface area contributed by atoms with Crippen molar-refractivity contribution in [2.45, 2.75) is 93.7 Å². The van der Waals surface area contributed by atoms with Crippen LogP contribution in [0.3, 0.4) is 0 Å². The van der Waals surface area contributed by atoms with Gasteiger partial charge in [0.15, 0.2) is 6.29 Å². The van der Waals surface area contributed by atoms with E-state index in [-0.39, 0.29) is 51.0 Å². The van der Waals surface area contributed by atoms with E-state index in [0.29, 0.717) is 34.1 Å². The fourth-order valence-electron chi connectivity index (χ4n) is 9.44. The van der Waals surface area contributed by atoms with Gasteiger partial charge in [0, 0.05) is 16.3 Å². The molecule has 4 N–H and O–H groups in total. The number of nitrogens with one attached hydrogen (secondary N) is 4. The van der Waals surface area contributed by atoms with Gasteiger partial charge in [-0.1, -0.05) is 65.8 Å². The van der Waals surface area contributed by atoms with Gasteiger partial charge in [-0.3, -0.25) is 0 Å². The number of urea groups is 2. The lowest BCUT2D eigenvalue weighted by Crippen LogP contribution is -2.69. The Balaban J connectivity index is 1.21. The zero-order valence-corrected chi connectivity index (χ0v) is 46.9. The number of halogens is 6. The second-order valence-corrected chi connectivity index (χ2v) is 19.7. The third kappa shape index (κ3) is 17.9. The normalized spacial score (nSPS) is 21.3. The molecule has 2 aliphatic rings. The van der Waals surface area contributed by atoms with Crippen molar-refractivity contribution in [3.63, 3.8) is 0 Å². The Morgan fingerprint density at radius 3 is 1.41 bits per heavy atom. The summed E-state index contributed by atoms with van der Waals surface area (Å²) < 4.78 is 151. The lowest BCUT2D eigenvalue weighted by Gasteiger charge is -2.49. The average Bonchev–Trinajstić information content (AvgIpc) is 3.10. The van der Waals surface area contributed by atoms with Gasteiger partial charge in [0.2, 0.25) is 0 Å². The summed E-state index contributed by atoms with van der Waals surface area (Å²) in [6.07, 6.45) is -17.6. The number of alkyl halides is 6. The van der Waals surface area contributed by atoms with E-state index in [1.807, 2.05) is 0 Å². The Morgan fingerprint density at radius 1 is 0.558 bits per heavy atom. The van der Waals surface area contributed by atoms with Crippen molar-refractivity contribution in [2.24, 2.45) is 5.11 Å². The highest BCUT2D eigenvalue weighted by atomic mass is 19.4. The minimum absolute atomic E-state index is 0.0309. The van der Waals surface area contributed by atoms with E-state index in [0.717, 1.165) is 47.5 Å². The van der Waals surface area contributed by atoms with Crippen LogP contribution in [-0.4, -0.2) is 115 Å². The molecule has 20 nitrogen and oxygen atoms in total.